The van der Waals surface area contributed by atoms with Gasteiger partial charge in [-0.1, -0.05) is 78.0 Å². The Bertz CT molecular complexity index is 1080. The minimum atomic E-state index is -0.212. The number of ether oxygens (including phenoxy) is 1. The van der Waals surface area contributed by atoms with Gasteiger partial charge in [0.05, 0.1) is 0 Å². The normalized spacial score (nSPS) is 33.3. The van der Waals surface area contributed by atoms with E-state index in [0.29, 0.717) is 17.4 Å². The number of hydrogen-bond acceptors (Lipinski definition) is 2. The van der Waals surface area contributed by atoms with Crippen molar-refractivity contribution in [2.45, 2.75) is 144 Å². The molecule has 0 bridgehead atoms. The minimum Gasteiger partial charge on any atom is -1.00 e. The van der Waals surface area contributed by atoms with Crippen LogP contribution in [-0.2, 0) is 11.3 Å². The fourth-order valence-electron chi connectivity index (χ4n) is 10.5. The minimum absolute atomic E-state index is 0. The van der Waals surface area contributed by atoms with Crippen LogP contribution in [-0.4, -0.2) is 18.7 Å². The number of rotatable bonds is 13. The Labute approximate surface area is 280 Å². The van der Waals surface area contributed by atoms with E-state index in [4.69, 9.17) is 4.74 Å². The molecule has 0 unspecified atom stereocenters. The molecular formula is C39H63BrN2O2. The largest absolute Gasteiger partial charge is 1.00 e. The highest BCUT2D eigenvalue weighted by molar-refractivity contribution is 5.67. The maximum Gasteiger partial charge on any atom is 0.407 e. The molecule has 5 rings (SSSR count). The van der Waals surface area contributed by atoms with Gasteiger partial charge < -0.3 is 27.0 Å². The predicted molar refractivity (Wildman–Crippen MR) is 176 cm³/mol. The Morgan fingerprint density at radius 3 is 2.48 bits per heavy atom. The van der Waals surface area contributed by atoms with E-state index in [2.05, 4.69) is 81.2 Å². The van der Waals surface area contributed by atoms with Crippen molar-refractivity contribution < 1.29 is 31.1 Å². The standard InChI is InChI=1S/C39H62N2O2.BrH/c1-29(2)14-13-15-30(3)34-18-19-35-33-17-16-31-28-32(20-22-38(31,4)36(33)21-23-39(34,35)5)43-37(42)40-24-9-6-7-10-25-41-26-11-8-12-27-41;/h8,11-12,16,26-27,29-30,32-36H,6-7,9-10,13-15,17-25,28H2,1-5H3;1H/t30-,32+,33+,34-,35+,36-,38+,39-;/m1./s1. The summed E-state index contributed by atoms with van der Waals surface area (Å²) < 4.78 is 8.22. The van der Waals surface area contributed by atoms with Gasteiger partial charge in [-0.05, 0) is 104 Å². The second-order valence-electron chi connectivity index (χ2n) is 16.0. The van der Waals surface area contributed by atoms with Crippen LogP contribution in [0.2, 0.25) is 0 Å². The fourth-order valence-corrected chi connectivity index (χ4v) is 10.5. The number of pyridine rings is 1. The predicted octanol–water partition coefficient (Wildman–Crippen LogP) is 6.67. The Kier molecular flexibility index (Phi) is 12.9. The number of carbonyl (C=O) groups excluding carboxylic acids is 1. The number of aryl methyl sites for hydroxylation is 1. The first-order chi connectivity index (χ1) is 20.7. The lowest BCUT2D eigenvalue weighted by atomic mass is 9.47. The SMILES string of the molecule is CC(C)CCC[C@@H](C)[C@H]1CC[C@H]2[C@@H]3CC=C4C[C@@H](OC(=O)NCCCCCC[n+]5ccccc5)CC[C@]4(C)[C@@H]3CC[C@]12C.[Br-]. The summed E-state index contributed by atoms with van der Waals surface area (Å²) in [6, 6.07) is 6.21. The summed E-state index contributed by atoms with van der Waals surface area (Å²) in [5.74, 6) is 5.18. The Hall–Kier alpha value is -1.36. The molecular weight excluding hydrogens is 608 g/mol. The molecule has 1 amide bonds. The molecule has 0 radical (unpaired) electrons. The summed E-state index contributed by atoms with van der Waals surface area (Å²) in [6.45, 7) is 14.4. The zero-order valence-electron chi connectivity index (χ0n) is 28.7. The summed E-state index contributed by atoms with van der Waals surface area (Å²) in [5, 5.41) is 3.04. The van der Waals surface area contributed by atoms with Crippen LogP contribution in [0.15, 0.2) is 42.2 Å². The average molecular weight is 672 g/mol. The zero-order chi connectivity index (χ0) is 30.5. The van der Waals surface area contributed by atoms with E-state index >= 15 is 0 Å². The van der Waals surface area contributed by atoms with E-state index in [-0.39, 0.29) is 29.2 Å². The maximum atomic E-state index is 12.6. The number of amides is 1. The monoisotopic (exact) mass is 670 g/mol. The smallest absolute Gasteiger partial charge is 0.407 e. The molecule has 4 aliphatic rings. The second-order valence-corrected chi connectivity index (χ2v) is 16.0. The van der Waals surface area contributed by atoms with E-state index in [1.54, 1.807) is 5.57 Å². The third-order valence-electron chi connectivity index (χ3n) is 12.9. The van der Waals surface area contributed by atoms with Crippen molar-refractivity contribution in [1.82, 2.24) is 5.32 Å². The zero-order valence-corrected chi connectivity index (χ0v) is 30.3. The lowest BCUT2D eigenvalue weighted by molar-refractivity contribution is -0.697. The van der Waals surface area contributed by atoms with Crippen LogP contribution < -0.4 is 26.9 Å². The molecule has 4 aliphatic carbocycles. The summed E-state index contributed by atoms with van der Waals surface area (Å²) in [6.07, 6.45) is 25.5. The molecule has 4 nitrogen and oxygen atoms in total. The van der Waals surface area contributed by atoms with E-state index in [1.807, 2.05) is 0 Å². The van der Waals surface area contributed by atoms with Crippen molar-refractivity contribution in [2.75, 3.05) is 6.54 Å². The molecule has 0 saturated heterocycles. The van der Waals surface area contributed by atoms with Gasteiger partial charge >= 0.3 is 6.09 Å². The van der Waals surface area contributed by atoms with Gasteiger partial charge in [0.2, 0.25) is 0 Å². The van der Waals surface area contributed by atoms with E-state index in [0.717, 1.165) is 67.7 Å². The Morgan fingerprint density at radius 2 is 1.70 bits per heavy atom. The number of unbranched alkanes of at least 4 members (excludes halogenated alkanes) is 3. The van der Waals surface area contributed by atoms with Gasteiger partial charge in [0.1, 0.15) is 12.6 Å². The summed E-state index contributed by atoms with van der Waals surface area (Å²) in [5.41, 5.74) is 2.45. The number of alkyl carbamates (subject to hydrolysis) is 1. The van der Waals surface area contributed by atoms with Gasteiger partial charge in [-0.2, -0.15) is 0 Å². The summed E-state index contributed by atoms with van der Waals surface area (Å²) in [4.78, 5) is 12.6. The van der Waals surface area contributed by atoms with Crippen molar-refractivity contribution in [3.8, 4) is 0 Å². The van der Waals surface area contributed by atoms with Gasteiger partial charge in [-0.25, -0.2) is 9.36 Å². The van der Waals surface area contributed by atoms with Crippen LogP contribution >= 0.6 is 0 Å². The number of carbonyl (C=O) groups is 1. The second kappa shape index (κ2) is 16.0. The van der Waals surface area contributed by atoms with Gasteiger partial charge in [0, 0.05) is 31.5 Å². The van der Waals surface area contributed by atoms with Crippen LogP contribution in [0.3, 0.4) is 0 Å². The number of aromatic nitrogens is 1. The molecule has 0 aromatic carbocycles. The molecule has 8 atom stereocenters. The number of fused-ring (bicyclic) bond motifs is 5. The van der Waals surface area contributed by atoms with Crippen molar-refractivity contribution in [2.24, 2.45) is 46.3 Å². The first-order valence-corrected chi connectivity index (χ1v) is 18.3. The number of allylic oxidation sites excluding steroid dienone is 1. The third-order valence-corrected chi connectivity index (χ3v) is 12.9. The van der Waals surface area contributed by atoms with Gasteiger partial charge in [-0.3, -0.25) is 0 Å². The molecule has 5 heteroatoms. The van der Waals surface area contributed by atoms with Gasteiger partial charge in [0.15, 0.2) is 12.4 Å². The third kappa shape index (κ3) is 8.13. The highest BCUT2D eigenvalue weighted by atomic mass is 79.9. The molecule has 1 aromatic rings. The molecule has 1 aromatic heterocycles. The highest BCUT2D eigenvalue weighted by Crippen LogP contribution is 2.67. The van der Waals surface area contributed by atoms with Crippen LogP contribution in [0.5, 0.6) is 0 Å². The van der Waals surface area contributed by atoms with Crippen LogP contribution in [0.25, 0.3) is 0 Å². The molecule has 248 valence electrons. The Balaban J connectivity index is 0.00000442. The van der Waals surface area contributed by atoms with Crippen molar-refractivity contribution in [1.29, 1.82) is 0 Å². The summed E-state index contributed by atoms with van der Waals surface area (Å²) >= 11 is 0. The molecule has 1 N–H and O–H groups in total. The topological polar surface area (TPSA) is 42.2 Å². The molecule has 0 spiro atoms. The van der Waals surface area contributed by atoms with Gasteiger partial charge in [-0.15, -0.1) is 0 Å². The molecule has 0 aliphatic heterocycles. The number of hydrogen-bond donors (Lipinski definition) is 1. The maximum absolute atomic E-state index is 12.6. The van der Waals surface area contributed by atoms with Crippen molar-refractivity contribution in [3.63, 3.8) is 0 Å². The van der Waals surface area contributed by atoms with Crippen molar-refractivity contribution in [3.05, 3.63) is 42.2 Å². The lowest BCUT2D eigenvalue weighted by Crippen LogP contribution is -3.00. The summed E-state index contributed by atoms with van der Waals surface area (Å²) in [7, 11) is 0. The highest BCUT2D eigenvalue weighted by Gasteiger charge is 2.59. The number of nitrogens with one attached hydrogen (secondary N) is 1. The molecule has 3 fully saturated rings. The quantitative estimate of drug-likeness (QED) is 0.145. The average Bonchev–Trinajstić information content (AvgIpc) is 3.34. The molecule has 44 heavy (non-hydrogen) atoms. The molecule has 1 heterocycles. The molecule has 3 saturated carbocycles. The van der Waals surface area contributed by atoms with Crippen LogP contribution in [0.4, 0.5) is 4.79 Å². The van der Waals surface area contributed by atoms with Crippen molar-refractivity contribution >= 4 is 6.09 Å². The first-order valence-electron chi connectivity index (χ1n) is 18.3. The van der Waals surface area contributed by atoms with E-state index in [9.17, 15) is 4.79 Å². The van der Waals surface area contributed by atoms with E-state index in [1.165, 1.54) is 70.6 Å². The number of halogens is 1. The van der Waals surface area contributed by atoms with Crippen LogP contribution in [0, 0.1) is 46.3 Å². The van der Waals surface area contributed by atoms with Crippen LogP contribution in [0.1, 0.15) is 131 Å². The fraction of sp³-hybridized carbons (Fsp3) is 0.795. The lowest BCUT2D eigenvalue weighted by Gasteiger charge is -2.58. The van der Waals surface area contributed by atoms with Gasteiger partial charge in [0.25, 0.3) is 0 Å². The Morgan fingerprint density at radius 1 is 0.932 bits per heavy atom. The first kappa shape index (κ1) is 35.5. The number of nitrogens with zero attached hydrogens (tertiary/aromatic N) is 1. The van der Waals surface area contributed by atoms with E-state index < -0.39 is 0 Å².